The molecule has 0 aliphatic heterocycles. The largest absolute Gasteiger partial charge is 0.341 e. The Morgan fingerprint density at radius 1 is 1.35 bits per heavy atom. The highest BCUT2D eigenvalue weighted by Crippen LogP contribution is 2.12. The van der Waals surface area contributed by atoms with Crippen LogP contribution in [0.1, 0.15) is 18.4 Å². The second kappa shape index (κ2) is 8.50. The first kappa shape index (κ1) is 16.4. The Morgan fingerprint density at radius 2 is 1.94 bits per heavy atom. The zero-order valence-electron chi connectivity index (χ0n) is 9.86. The lowest BCUT2D eigenvalue weighted by molar-refractivity contribution is -0.130. The number of halogens is 2. The molecule has 0 aromatic heterocycles. The van der Waals surface area contributed by atoms with Crippen molar-refractivity contribution in [3.63, 3.8) is 0 Å². The van der Waals surface area contributed by atoms with Crippen molar-refractivity contribution < 1.29 is 4.79 Å². The summed E-state index contributed by atoms with van der Waals surface area (Å²) in [5.74, 6) is 0.147. The van der Waals surface area contributed by atoms with E-state index in [9.17, 15) is 4.79 Å². The van der Waals surface area contributed by atoms with E-state index < -0.39 is 0 Å². The Bertz CT molecular complexity index is 343. The first-order valence-corrected chi connectivity index (χ1v) is 6.11. The lowest BCUT2D eigenvalue weighted by Gasteiger charge is -2.17. The highest BCUT2D eigenvalue weighted by atomic mass is 79.9. The number of carbonyl (C=O) groups excluding carboxylic acids is 1. The summed E-state index contributed by atoms with van der Waals surface area (Å²) < 4.78 is 1.05. The minimum Gasteiger partial charge on any atom is -0.341 e. The van der Waals surface area contributed by atoms with E-state index in [0.29, 0.717) is 19.5 Å². The van der Waals surface area contributed by atoms with E-state index >= 15 is 0 Å². The van der Waals surface area contributed by atoms with Crippen molar-refractivity contribution in [2.75, 3.05) is 13.6 Å². The van der Waals surface area contributed by atoms with Gasteiger partial charge in [0, 0.05) is 24.5 Å². The number of hydrogen-bond donors (Lipinski definition) is 1. The highest BCUT2D eigenvalue weighted by Gasteiger charge is 2.08. The summed E-state index contributed by atoms with van der Waals surface area (Å²) in [6, 6.07) is 7.98. The first-order chi connectivity index (χ1) is 7.63. The monoisotopic (exact) mass is 320 g/mol. The molecule has 0 aliphatic rings. The number of benzene rings is 1. The molecule has 0 fully saturated rings. The molecular formula is C12H18BrClN2O. The fourth-order valence-electron chi connectivity index (χ4n) is 1.40. The Labute approximate surface area is 117 Å². The molecule has 2 N–H and O–H groups in total. The van der Waals surface area contributed by atoms with Gasteiger partial charge in [0.2, 0.25) is 5.91 Å². The third kappa shape index (κ3) is 6.05. The van der Waals surface area contributed by atoms with Crippen LogP contribution in [-0.2, 0) is 11.3 Å². The molecule has 17 heavy (non-hydrogen) atoms. The first-order valence-electron chi connectivity index (χ1n) is 5.32. The Kier molecular flexibility index (Phi) is 8.21. The van der Waals surface area contributed by atoms with Crippen LogP contribution >= 0.6 is 28.3 Å². The van der Waals surface area contributed by atoms with Crippen LogP contribution in [-0.4, -0.2) is 24.4 Å². The van der Waals surface area contributed by atoms with Crippen LogP contribution in [0.25, 0.3) is 0 Å². The van der Waals surface area contributed by atoms with Gasteiger partial charge in [-0.25, -0.2) is 0 Å². The van der Waals surface area contributed by atoms with Crippen LogP contribution in [0.3, 0.4) is 0 Å². The van der Waals surface area contributed by atoms with Gasteiger partial charge in [-0.3, -0.25) is 4.79 Å². The number of nitrogens with two attached hydrogens (primary N) is 1. The number of nitrogens with zero attached hydrogens (tertiary/aromatic N) is 1. The normalized spacial score (nSPS) is 9.59. The molecule has 96 valence electrons. The topological polar surface area (TPSA) is 46.3 Å². The van der Waals surface area contributed by atoms with Gasteiger partial charge in [0.25, 0.3) is 0 Å². The molecule has 0 atom stereocenters. The quantitative estimate of drug-likeness (QED) is 0.906. The van der Waals surface area contributed by atoms with Crippen LogP contribution < -0.4 is 5.73 Å². The molecular weight excluding hydrogens is 304 g/mol. The van der Waals surface area contributed by atoms with Gasteiger partial charge in [0.05, 0.1) is 0 Å². The predicted molar refractivity (Wildman–Crippen MR) is 76.2 cm³/mol. The number of hydrogen-bond acceptors (Lipinski definition) is 2. The van der Waals surface area contributed by atoms with Gasteiger partial charge in [-0.1, -0.05) is 28.1 Å². The highest BCUT2D eigenvalue weighted by molar-refractivity contribution is 9.10. The van der Waals surface area contributed by atoms with E-state index in [1.165, 1.54) is 0 Å². The number of amides is 1. The van der Waals surface area contributed by atoms with Gasteiger partial charge in [-0.15, -0.1) is 12.4 Å². The maximum atomic E-state index is 11.6. The summed E-state index contributed by atoms with van der Waals surface area (Å²) >= 11 is 3.38. The lowest BCUT2D eigenvalue weighted by atomic mass is 10.2. The van der Waals surface area contributed by atoms with Crippen molar-refractivity contribution in [2.45, 2.75) is 19.4 Å². The van der Waals surface area contributed by atoms with E-state index in [2.05, 4.69) is 15.9 Å². The van der Waals surface area contributed by atoms with Crippen molar-refractivity contribution in [1.29, 1.82) is 0 Å². The minimum atomic E-state index is 0. The molecule has 0 aliphatic carbocycles. The summed E-state index contributed by atoms with van der Waals surface area (Å²) in [6.07, 6.45) is 1.28. The van der Waals surface area contributed by atoms with Crippen LogP contribution in [0.15, 0.2) is 28.7 Å². The molecule has 1 amide bonds. The average molecular weight is 322 g/mol. The van der Waals surface area contributed by atoms with E-state index in [1.54, 1.807) is 4.90 Å². The molecule has 0 spiro atoms. The smallest absolute Gasteiger partial charge is 0.222 e. The fraction of sp³-hybridized carbons (Fsp3) is 0.417. The molecule has 0 unspecified atom stereocenters. The molecule has 5 heteroatoms. The Balaban J connectivity index is 0.00000256. The van der Waals surface area contributed by atoms with Gasteiger partial charge >= 0.3 is 0 Å². The lowest BCUT2D eigenvalue weighted by Crippen LogP contribution is -2.26. The maximum absolute atomic E-state index is 11.6. The summed E-state index contributed by atoms with van der Waals surface area (Å²) in [4.78, 5) is 13.4. The molecule has 0 saturated heterocycles. The third-order valence-corrected chi connectivity index (χ3v) is 2.88. The van der Waals surface area contributed by atoms with E-state index in [1.807, 2.05) is 31.3 Å². The Hall–Kier alpha value is -0.580. The summed E-state index contributed by atoms with van der Waals surface area (Å²) in [7, 11) is 1.82. The predicted octanol–water partition coefficient (Wildman–Crippen LogP) is 2.57. The van der Waals surface area contributed by atoms with Gasteiger partial charge in [-0.05, 0) is 30.7 Å². The maximum Gasteiger partial charge on any atom is 0.222 e. The van der Waals surface area contributed by atoms with Crippen LogP contribution in [0.4, 0.5) is 0 Å². The molecule has 3 nitrogen and oxygen atoms in total. The van der Waals surface area contributed by atoms with Gasteiger partial charge in [0.15, 0.2) is 0 Å². The zero-order valence-corrected chi connectivity index (χ0v) is 12.3. The van der Waals surface area contributed by atoms with Gasteiger partial charge in [-0.2, -0.15) is 0 Å². The molecule has 0 radical (unpaired) electrons. The van der Waals surface area contributed by atoms with Crippen LogP contribution in [0.2, 0.25) is 0 Å². The summed E-state index contributed by atoms with van der Waals surface area (Å²) in [5, 5.41) is 0. The van der Waals surface area contributed by atoms with E-state index in [-0.39, 0.29) is 18.3 Å². The summed E-state index contributed by atoms with van der Waals surface area (Å²) in [5.41, 5.74) is 6.50. The minimum absolute atomic E-state index is 0. The van der Waals surface area contributed by atoms with Crippen molar-refractivity contribution in [3.05, 3.63) is 34.3 Å². The molecule has 1 aromatic carbocycles. The van der Waals surface area contributed by atoms with Crippen molar-refractivity contribution >= 4 is 34.2 Å². The summed E-state index contributed by atoms with van der Waals surface area (Å²) in [6.45, 7) is 1.22. The van der Waals surface area contributed by atoms with Crippen LogP contribution in [0.5, 0.6) is 0 Å². The second-order valence-corrected chi connectivity index (χ2v) is 4.68. The fourth-order valence-corrected chi connectivity index (χ4v) is 1.66. The van der Waals surface area contributed by atoms with Crippen LogP contribution in [0, 0.1) is 0 Å². The number of carbonyl (C=O) groups is 1. The Morgan fingerprint density at radius 3 is 2.47 bits per heavy atom. The molecule has 0 heterocycles. The molecule has 0 saturated carbocycles. The standard InChI is InChI=1S/C12H17BrN2O.ClH/c1-15(12(16)3-2-8-14)9-10-4-6-11(13)7-5-10;/h4-7H,2-3,8-9,14H2,1H3;1H. The third-order valence-electron chi connectivity index (χ3n) is 2.35. The van der Waals surface area contributed by atoms with Crippen molar-refractivity contribution in [1.82, 2.24) is 4.90 Å². The van der Waals surface area contributed by atoms with Gasteiger partial charge in [0.1, 0.15) is 0 Å². The number of rotatable bonds is 5. The molecule has 1 rings (SSSR count). The van der Waals surface area contributed by atoms with E-state index in [4.69, 9.17) is 5.73 Å². The SMILES string of the molecule is CN(Cc1ccc(Br)cc1)C(=O)CCCN.Cl. The average Bonchev–Trinajstić information content (AvgIpc) is 2.29. The zero-order chi connectivity index (χ0) is 12.0. The van der Waals surface area contributed by atoms with Crippen molar-refractivity contribution in [2.24, 2.45) is 5.73 Å². The molecule has 1 aromatic rings. The van der Waals surface area contributed by atoms with E-state index in [0.717, 1.165) is 16.5 Å². The molecule has 0 bridgehead atoms. The van der Waals surface area contributed by atoms with Crippen molar-refractivity contribution in [3.8, 4) is 0 Å². The van der Waals surface area contributed by atoms with Gasteiger partial charge < -0.3 is 10.6 Å². The second-order valence-electron chi connectivity index (χ2n) is 3.77.